The van der Waals surface area contributed by atoms with Crippen LogP contribution < -0.4 is 0 Å². The summed E-state index contributed by atoms with van der Waals surface area (Å²) in [7, 11) is 2.17. The van der Waals surface area contributed by atoms with Gasteiger partial charge in [0.15, 0.2) is 11.5 Å². The summed E-state index contributed by atoms with van der Waals surface area (Å²) in [5.74, 6) is -0.0492. The highest BCUT2D eigenvalue weighted by Gasteiger charge is 2.34. The lowest BCUT2D eigenvalue weighted by Crippen LogP contribution is -2.35. The lowest BCUT2D eigenvalue weighted by atomic mass is 9.75. The molecule has 1 atom stereocenters. The van der Waals surface area contributed by atoms with Crippen LogP contribution in [-0.4, -0.2) is 28.7 Å². The normalized spacial score (nSPS) is 17.6. The van der Waals surface area contributed by atoms with E-state index in [2.05, 4.69) is 36.2 Å². The van der Waals surface area contributed by atoms with Crippen molar-refractivity contribution in [3.05, 3.63) is 71.3 Å². The van der Waals surface area contributed by atoms with Gasteiger partial charge in [0.05, 0.1) is 0 Å². The number of hydrogen-bond donors (Lipinski definition) is 2. The summed E-state index contributed by atoms with van der Waals surface area (Å²) in [5.41, 5.74) is 7.97. The number of rotatable bonds is 1. The molecule has 0 aromatic heterocycles. The molecule has 2 N–H and O–H groups in total. The molecule has 5 rings (SSSR count). The number of phenols is 2. The van der Waals surface area contributed by atoms with E-state index in [9.17, 15) is 10.2 Å². The second kappa shape index (κ2) is 6.59. The van der Waals surface area contributed by atoms with Crippen LogP contribution in [0.2, 0.25) is 0 Å². The van der Waals surface area contributed by atoms with Crippen molar-refractivity contribution in [3.63, 3.8) is 0 Å². The van der Waals surface area contributed by atoms with E-state index < -0.39 is 0 Å². The standard InChI is InChI=1S/C23H21NO2.ClH/c1-24-10-9-16-11-17(14-5-3-2-4-6-14)12-18-21(16)19(24)13-15-7-8-20(25)23(26)22(15)18;/h2-8,11-12,19,25-26H,9-10,13H2,1H3;1H/t19-;/m1./s1. The minimum Gasteiger partial charge on any atom is -0.504 e. The Morgan fingerprint density at radius 3 is 2.48 bits per heavy atom. The van der Waals surface area contributed by atoms with Gasteiger partial charge in [-0.05, 0) is 65.4 Å². The van der Waals surface area contributed by atoms with Gasteiger partial charge in [-0.25, -0.2) is 0 Å². The summed E-state index contributed by atoms with van der Waals surface area (Å²) in [5, 5.41) is 20.7. The van der Waals surface area contributed by atoms with Gasteiger partial charge in [-0.3, -0.25) is 4.90 Å². The van der Waals surface area contributed by atoms with E-state index in [1.54, 1.807) is 6.07 Å². The van der Waals surface area contributed by atoms with Crippen LogP contribution in [0.4, 0.5) is 0 Å². The summed E-state index contributed by atoms with van der Waals surface area (Å²) in [6.07, 6.45) is 1.87. The predicted molar refractivity (Wildman–Crippen MR) is 111 cm³/mol. The Hall–Kier alpha value is -2.49. The molecule has 0 bridgehead atoms. The fraction of sp³-hybridized carbons (Fsp3) is 0.217. The fourth-order valence-electron chi connectivity index (χ4n) is 4.55. The van der Waals surface area contributed by atoms with Crippen LogP contribution >= 0.6 is 12.4 Å². The molecule has 0 unspecified atom stereocenters. The molecule has 0 radical (unpaired) electrons. The zero-order chi connectivity index (χ0) is 17.8. The molecule has 3 aromatic carbocycles. The van der Waals surface area contributed by atoms with Crippen LogP contribution in [0, 0.1) is 0 Å². The molecule has 4 heteroatoms. The Balaban J connectivity index is 0.00000180. The molecular weight excluding hydrogens is 358 g/mol. The van der Waals surface area contributed by atoms with Gasteiger partial charge in [0.2, 0.25) is 0 Å². The van der Waals surface area contributed by atoms with E-state index in [1.807, 2.05) is 24.3 Å². The number of nitrogens with zero attached hydrogens (tertiary/aromatic N) is 1. The molecule has 0 saturated heterocycles. The number of phenolic OH excluding ortho intramolecular Hbond substituents is 2. The third kappa shape index (κ3) is 2.70. The average Bonchev–Trinajstić information content (AvgIpc) is 2.67. The van der Waals surface area contributed by atoms with Crippen LogP contribution in [0.15, 0.2) is 54.6 Å². The van der Waals surface area contributed by atoms with E-state index in [0.29, 0.717) is 6.04 Å². The minimum atomic E-state index is -0.0507. The van der Waals surface area contributed by atoms with Gasteiger partial charge < -0.3 is 10.2 Å². The zero-order valence-electron chi connectivity index (χ0n) is 15.1. The van der Waals surface area contributed by atoms with Gasteiger partial charge in [0.1, 0.15) is 0 Å². The van der Waals surface area contributed by atoms with E-state index in [-0.39, 0.29) is 23.9 Å². The van der Waals surface area contributed by atoms with Gasteiger partial charge in [-0.15, -0.1) is 12.4 Å². The van der Waals surface area contributed by atoms with Crippen molar-refractivity contribution >= 4 is 12.4 Å². The molecule has 0 amide bonds. The molecule has 138 valence electrons. The molecule has 3 nitrogen and oxygen atoms in total. The summed E-state index contributed by atoms with van der Waals surface area (Å²) in [4.78, 5) is 2.40. The topological polar surface area (TPSA) is 43.7 Å². The maximum absolute atomic E-state index is 10.6. The predicted octanol–water partition coefficient (Wildman–Crippen LogP) is 4.94. The Labute approximate surface area is 165 Å². The third-order valence-corrected chi connectivity index (χ3v) is 5.90. The van der Waals surface area contributed by atoms with Crippen molar-refractivity contribution < 1.29 is 10.2 Å². The molecule has 27 heavy (non-hydrogen) atoms. The average molecular weight is 380 g/mol. The van der Waals surface area contributed by atoms with Gasteiger partial charge in [-0.1, -0.05) is 42.5 Å². The van der Waals surface area contributed by atoms with Gasteiger partial charge in [0, 0.05) is 18.2 Å². The molecule has 2 aliphatic rings. The van der Waals surface area contributed by atoms with E-state index >= 15 is 0 Å². The van der Waals surface area contributed by atoms with Crippen LogP contribution in [0.3, 0.4) is 0 Å². The van der Waals surface area contributed by atoms with E-state index in [4.69, 9.17) is 0 Å². The maximum atomic E-state index is 10.6. The zero-order valence-corrected chi connectivity index (χ0v) is 16.0. The number of benzene rings is 3. The van der Waals surface area contributed by atoms with E-state index in [1.165, 1.54) is 22.3 Å². The summed E-state index contributed by atoms with van der Waals surface area (Å²) >= 11 is 0. The summed E-state index contributed by atoms with van der Waals surface area (Å²) in [6, 6.07) is 18.7. The molecule has 1 aliphatic heterocycles. The first kappa shape index (κ1) is 17.9. The Morgan fingerprint density at radius 1 is 0.926 bits per heavy atom. The number of likely N-dealkylation sites (N-methyl/N-ethyl adjacent to an activating group) is 1. The van der Waals surface area contributed by atoms with Crippen molar-refractivity contribution in [3.8, 4) is 33.8 Å². The highest BCUT2D eigenvalue weighted by Crippen LogP contribution is 2.51. The number of halogens is 1. The minimum absolute atomic E-state index is 0. The van der Waals surface area contributed by atoms with Crippen LogP contribution in [0.5, 0.6) is 11.5 Å². The molecule has 0 spiro atoms. The monoisotopic (exact) mass is 379 g/mol. The summed E-state index contributed by atoms with van der Waals surface area (Å²) < 4.78 is 0. The smallest absolute Gasteiger partial charge is 0.165 e. The third-order valence-electron chi connectivity index (χ3n) is 5.90. The van der Waals surface area contributed by atoms with E-state index in [0.717, 1.165) is 36.1 Å². The first-order valence-electron chi connectivity index (χ1n) is 9.10. The maximum Gasteiger partial charge on any atom is 0.165 e. The Kier molecular flexibility index (Phi) is 4.37. The lowest BCUT2D eigenvalue weighted by molar-refractivity contribution is 0.228. The van der Waals surface area contributed by atoms with Crippen molar-refractivity contribution in [2.45, 2.75) is 18.9 Å². The second-order valence-corrected chi connectivity index (χ2v) is 7.38. The molecule has 1 aliphatic carbocycles. The van der Waals surface area contributed by atoms with Gasteiger partial charge in [0.25, 0.3) is 0 Å². The first-order valence-corrected chi connectivity index (χ1v) is 9.10. The fourth-order valence-corrected chi connectivity index (χ4v) is 4.55. The lowest BCUT2D eigenvalue weighted by Gasteiger charge is -2.40. The highest BCUT2D eigenvalue weighted by atomic mass is 35.5. The highest BCUT2D eigenvalue weighted by molar-refractivity contribution is 5.86. The van der Waals surface area contributed by atoms with Gasteiger partial charge >= 0.3 is 0 Å². The largest absolute Gasteiger partial charge is 0.504 e. The quantitative estimate of drug-likeness (QED) is 0.588. The molecule has 0 fully saturated rings. The van der Waals surface area contributed by atoms with Crippen molar-refractivity contribution in [2.24, 2.45) is 0 Å². The molecule has 0 saturated carbocycles. The number of fused-ring (bicyclic) bond motifs is 2. The van der Waals surface area contributed by atoms with Crippen molar-refractivity contribution in [1.29, 1.82) is 0 Å². The first-order chi connectivity index (χ1) is 12.6. The second-order valence-electron chi connectivity index (χ2n) is 7.38. The van der Waals surface area contributed by atoms with Crippen LogP contribution in [0.1, 0.15) is 22.7 Å². The molecular formula is C23H22ClNO2. The molecule has 3 aromatic rings. The van der Waals surface area contributed by atoms with Gasteiger partial charge in [-0.2, -0.15) is 0 Å². The Bertz CT molecular complexity index is 1020. The van der Waals surface area contributed by atoms with Crippen molar-refractivity contribution in [1.82, 2.24) is 4.90 Å². The van der Waals surface area contributed by atoms with Crippen molar-refractivity contribution in [2.75, 3.05) is 13.6 Å². The van der Waals surface area contributed by atoms with Crippen LogP contribution in [-0.2, 0) is 12.8 Å². The summed E-state index contributed by atoms with van der Waals surface area (Å²) in [6.45, 7) is 1.04. The SMILES string of the molecule is CN1CCc2cc(-c3ccccc3)cc3c2[C@H]1Cc1ccc(O)c(O)c1-3.Cl. The molecule has 1 heterocycles. The van der Waals surface area contributed by atoms with Crippen LogP contribution in [0.25, 0.3) is 22.3 Å². The number of hydrogen-bond acceptors (Lipinski definition) is 3. The Morgan fingerprint density at radius 2 is 1.70 bits per heavy atom. The number of aromatic hydroxyl groups is 2.